The van der Waals surface area contributed by atoms with E-state index in [9.17, 15) is 0 Å². The van der Waals surface area contributed by atoms with Crippen molar-refractivity contribution in [1.82, 2.24) is 19.7 Å². The Morgan fingerprint density at radius 3 is 2.65 bits per heavy atom. The first-order valence-electron chi connectivity index (χ1n) is 8.03. The van der Waals surface area contributed by atoms with Gasteiger partial charge in [0.1, 0.15) is 17.4 Å². The molecule has 3 rings (SSSR count). The van der Waals surface area contributed by atoms with Gasteiger partial charge in [0, 0.05) is 6.54 Å². The highest BCUT2D eigenvalue weighted by molar-refractivity contribution is 5.87. The van der Waals surface area contributed by atoms with Gasteiger partial charge >= 0.3 is 0 Å². The third kappa shape index (κ3) is 2.79. The quantitative estimate of drug-likeness (QED) is 0.793. The van der Waals surface area contributed by atoms with Crippen LogP contribution in [0.25, 0.3) is 11.0 Å². The molecule has 0 aliphatic carbocycles. The number of fused-ring (bicyclic) bond motifs is 1. The lowest BCUT2D eigenvalue weighted by atomic mass is 10.0. The van der Waals surface area contributed by atoms with Crippen LogP contribution < -0.4 is 5.32 Å². The minimum Gasteiger partial charge on any atom is -0.362 e. The molecule has 5 heteroatoms. The number of nitrogens with one attached hydrogen (secondary N) is 1. The Balaban J connectivity index is 2.01. The average Bonchev–Trinajstić information content (AvgIpc) is 2.85. The maximum Gasteiger partial charge on any atom is 0.156 e. The zero-order valence-electron chi connectivity index (χ0n) is 14.4. The van der Waals surface area contributed by atoms with Crippen LogP contribution in [0, 0.1) is 20.8 Å². The summed E-state index contributed by atoms with van der Waals surface area (Å²) in [6, 6.07) is 6.71. The van der Waals surface area contributed by atoms with Crippen molar-refractivity contribution < 1.29 is 0 Å². The summed E-state index contributed by atoms with van der Waals surface area (Å²) in [7, 11) is 0. The van der Waals surface area contributed by atoms with Crippen LogP contribution in [0.3, 0.4) is 0 Å². The Morgan fingerprint density at radius 1 is 1.17 bits per heavy atom. The molecule has 2 heterocycles. The van der Waals surface area contributed by atoms with E-state index in [1.54, 1.807) is 6.33 Å². The summed E-state index contributed by atoms with van der Waals surface area (Å²) in [5, 5.41) is 8.09. The van der Waals surface area contributed by atoms with Crippen molar-refractivity contribution in [3.63, 3.8) is 0 Å². The van der Waals surface area contributed by atoms with Gasteiger partial charge in [-0.25, -0.2) is 9.97 Å². The highest BCUT2D eigenvalue weighted by Crippen LogP contribution is 2.27. The normalized spacial score (nSPS) is 12.6. The first kappa shape index (κ1) is 15.5. The zero-order valence-corrected chi connectivity index (χ0v) is 14.4. The fraction of sp³-hybridized carbons (Fsp3) is 0.389. The van der Waals surface area contributed by atoms with Crippen molar-refractivity contribution in [3.05, 3.63) is 46.9 Å². The smallest absolute Gasteiger partial charge is 0.156 e. The largest absolute Gasteiger partial charge is 0.362 e. The van der Waals surface area contributed by atoms with Crippen molar-refractivity contribution in [3.8, 4) is 0 Å². The van der Waals surface area contributed by atoms with Gasteiger partial charge in [-0.05, 0) is 45.7 Å². The Kier molecular flexibility index (Phi) is 4.03. The van der Waals surface area contributed by atoms with Crippen molar-refractivity contribution >= 4 is 16.9 Å². The molecule has 0 amide bonds. The number of anilines is 1. The molecule has 1 unspecified atom stereocenters. The third-order valence-electron chi connectivity index (χ3n) is 4.24. The Morgan fingerprint density at radius 2 is 1.96 bits per heavy atom. The summed E-state index contributed by atoms with van der Waals surface area (Å²) in [4.78, 5) is 8.84. The van der Waals surface area contributed by atoms with Crippen molar-refractivity contribution in [2.75, 3.05) is 5.32 Å². The number of aromatic nitrogens is 4. The van der Waals surface area contributed by atoms with Gasteiger partial charge in [-0.15, -0.1) is 0 Å². The van der Waals surface area contributed by atoms with Gasteiger partial charge in [0.25, 0.3) is 0 Å². The van der Waals surface area contributed by atoms with Gasteiger partial charge in [-0.2, -0.15) is 5.10 Å². The van der Waals surface area contributed by atoms with Gasteiger partial charge in [0.2, 0.25) is 0 Å². The fourth-order valence-corrected chi connectivity index (χ4v) is 3.10. The molecule has 23 heavy (non-hydrogen) atoms. The van der Waals surface area contributed by atoms with E-state index in [1.165, 1.54) is 16.7 Å². The molecular formula is C18H23N5. The molecule has 0 aliphatic rings. The third-order valence-corrected chi connectivity index (χ3v) is 4.24. The molecule has 0 spiro atoms. The molecule has 120 valence electrons. The van der Waals surface area contributed by atoms with Gasteiger partial charge < -0.3 is 5.32 Å². The summed E-state index contributed by atoms with van der Waals surface area (Å²) in [5.74, 6) is 0.838. The van der Waals surface area contributed by atoms with Crippen LogP contribution in [0.5, 0.6) is 0 Å². The van der Waals surface area contributed by atoms with E-state index in [-0.39, 0.29) is 6.04 Å². The Bertz CT molecular complexity index is 850. The molecule has 1 aromatic carbocycles. The lowest BCUT2D eigenvalue weighted by molar-refractivity contribution is 0.675. The number of rotatable bonds is 4. The molecule has 3 aromatic rings. The van der Waals surface area contributed by atoms with Crippen LogP contribution in [-0.2, 0) is 6.54 Å². The molecule has 0 saturated carbocycles. The average molecular weight is 309 g/mol. The molecule has 0 saturated heterocycles. The second kappa shape index (κ2) is 5.99. The molecule has 0 bridgehead atoms. The predicted octanol–water partition coefficient (Wildman–Crippen LogP) is 3.94. The highest BCUT2D eigenvalue weighted by Gasteiger charge is 2.16. The highest BCUT2D eigenvalue weighted by atomic mass is 15.3. The molecule has 1 atom stereocenters. The van der Waals surface area contributed by atoms with E-state index in [4.69, 9.17) is 0 Å². The van der Waals surface area contributed by atoms with Crippen molar-refractivity contribution in [1.29, 1.82) is 0 Å². The molecule has 0 radical (unpaired) electrons. The Hall–Kier alpha value is -2.43. The summed E-state index contributed by atoms with van der Waals surface area (Å²) >= 11 is 0. The maximum absolute atomic E-state index is 4.55. The second-order valence-electron chi connectivity index (χ2n) is 6.05. The number of benzene rings is 1. The molecule has 5 nitrogen and oxygen atoms in total. The van der Waals surface area contributed by atoms with Crippen LogP contribution in [-0.4, -0.2) is 19.7 Å². The zero-order chi connectivity index (χ0) is 16.6. The summed E-state index contributed by atoms with van der Waals surface area (Å²) in [6.07, 6.45) is 1.61. The van der Waals surface area contributed by atoms with Crippen molar-refractivity contribution in [2.24, 2.45) is 0 Å². The van der Waals surface area contributed by atoms with E-state index in [2.05, 4.69) is 66.3 Å². The second-order valence-corrected chi connectivity index (χ2v) is 6.05. The Labute approximate surface area is 136 Å². The summed E-state index contributed by atoms with van der Waals surface area (Å²) in [5.41, 5.74) is 6.67. The van der Waals surface area contributed by atoms with E-state index in [1.807, 2.05) is 11.6 Å². The molecule has 2 aromatic heterocycles. The van der Waals surface area contributed by atoms with Gasteiger partial charge in [0.15, 0.2) is 5.82 Å². The van der Waals surface area contributed by atoms with Crippen LogP contribution >= 0.6 is 0 Å². The SMILES string of the molecule is CCn1nc(C)c2ncnc(NC(C)c3ccc(C)cc3C)c21. The molecular weight excluding hydrogens is 286 g/mol. The maximum atomic E-state index is 4.55. The fourth-order valence-electron chi connectivity index (χ4n) is 3.10. The van der Waals surface area contributed by atoms with Gasteiger partial charge in [0.05, 0.1) is 11.7 Å². The van der Waals surface area contributed by atoms with E-state index in [0.29, 0.717) is 0 Å². The van der Waals surface area contributed by atoms with Gasteiger partial charge in [-0.3, -0.25) is 4.68 Å². The van der Waals surface area contributed by atoms with Gasteiger partial charge in [-0.1, -0.05) is 23.8 Å². The topological polar surface area (TPSA) is 55.6 Å². The summed E-state index contributed by atoms with van der Waals surface area (Å²) in [6.45, 7) is 11.3. The first-order valence-corrected chi connectivity index (χ1v) is 8.03. The van der Waals surface area contributed by atoms with Crippen molar-refractivity contribution in [2.45, 2.75) is 47.2 Å². The van der Waals surface area contributed by atoms with Crippen LogP contribution in [0.4, 0.5) is 5.82 Å². The van der Waals surface area contributed by atoms with Crippen LogP contribution in [0.2, 0.25) is 0 Å². The minimum absolute atomic E-state index is 0.161. The number of nitrogens with zero attached hydrogens (tertiary/aromatic N) is 4. The lowest BCUT2D eigenvalue weighted by Gasteiger charge is -2.18. The predicted molar refractivity (Wildman–Crippen MR) is 93.7 cm³/mol. The lowest BCUT2D eigenvalue weighted by Crippen LogP contribution is -2.11. The first-order chi connectivity index (χ1) is 11.0. The van der Waals surface area contributed by atoms with Crippen LogP contribution in [0.1, 0.15) is 42.3 Å². The standard InChI is InChI=1S/C18H23N5/c1-6-23-17-16(14(5)22-23)19-10-20-18(17)21-13(4)15-8-7-11(2)9-12(15)3/h7-10,13H,6H2,1-5H3,(H,19,20,21). The van der Waals surface area contributed by atoms with E-state index >= 15 is 0 Å². The molecule has 0 fully saturated rings. The molecule has 1 N–H and O–H groups in total. The van der Waals surface area contributed by atoms with Crippen LogP contribution in [0.15, 0.2) is 24.5 Å². The summed E-state index contributed by atoms with van der Waals surface area (Å²) < 4.78 is 1.96. The monoisotopic (exact) mass is 309 g/mol. The number of hydrogen-bond donors (Lipinski definition) is 1. The van der Waals surface area contributed by atoms with E-state index in [0.717, 1.165) is 29.1 Å². The number of hydrogen-bond acceptors (Lipinski definition) is 4. The minimum atomic E-state index is 0.161. The van der Waals surface area contributed by atoms with E-state index < -0.39 is 0 Å². The molecule has 0 aliphatic heterocycles. The number of aryl methyl sites for hydroxylation is 4.